The molecule has 1 aliphatic carbocycles. The van der Waals surface area contributed by atoms with Crippen molar-refractivity contribution in [2.75, 3.05) is 0 Å². The number of rotatable bonds is 4. The van der Waals surface area contributed by atoms with Crippen LogP contribution in [0.15, 0.2) is 22.3 Å². The van der Waals surface area contributed by atoms with Crippen molar-refractivity contribution in [1.29, 1.82) is 0 Å². The van der Waals surface area contributed by atoms with Gasteiger partial charge >= 0.3 is 0 Å². The number of carbonyl (C=O) groups excluding carboxylic acids is 1. The molecule has 3 aromatic rings. The Bertz CT molecular complexity index is 943. The molecule has 0 saturated carbocycles. The number of fused-ring (bicyclic) bond motifs is 3. The molecule has 1 amide bonds. The van der Waals surface area contributed by atoms with E-state index in [0.29, 0.717) is 16.8 Å². The molecule has 0 spiro atoms. The number of hydrogen-bond acceptors (Lipinski definition) is 6. The third-order valence-electron chi connectivity index (χ3n) is 4.18. The number of carbonyl (C=O) groups is 1. The summed E-state index contributed by atoms with van der Waals surface area (Å²) in [5, 5.41) is 13.5. The van der Waals surface area contributed by atoms with E-state index in [-0.39, 0.29) is 18.0 Å². The number of thiophene rings is 2. The molecular weight excluding hydrogens is 344 g/mol. The summed E-state index contributed by atoms with van der Waals surface area (Å²) in [5.74, 6) is -0.233. The maximum absolute atomic E-state index is 12.7. The number of hydrogen-bond donors (Lipinski definition) is 1. The minimum absolute atomic E-state index is 0.0994. The zero-order chi connectivity index (χ0) is 16.5. The van der Waals surface area contributed by atoms with E-state index in [1.54, 1.807) is 22.7 Å². The maximum atomic E-state index is 12.7. The predicted molar refractivity (Wildman–Crippen MR) is 94.5 cm³/mol. The number of aromatic nitrogens is 3. The Morgan fingerprint density at radius 1 is 1.33 bits per heavy atom. The van der Waals surface area contributed by atoms with Gasteiger partial charge in [-0.05, 0) is 42.7 Å². The molecule has 1 aliphatic rings. The highest BCUT2D eigenvalue weighted by Crippen LogP contribution is 2.33. The topological polar surface area (TPSA) is 76.9 Å². The van der Waals surface area contributed by atoms with Gasteiger partial charge in [-0.3, -0.25) is 9.59 Å². The maximum Gasteiger partial charge on any atom is 0.279 e. The fourth-order valence-electron chi connectivity index (χ4n) is 3.00. The van der Waals surface area contributed by atoms with Crippen molar-refractivity contribution < 1.29 is 4.79 Å². The molecule has 1 N–H and O–H groups in total. The summed E-state index contributed by atoms with van der Waals surface area (Å²) in [6, 6.07) is 3.90. The van der Waals surface area contributed by atoms with Gasteiger partial charge in [0.25, 0.3) is 5.56 Å². The SMILES string of the molecule is O=C(Cn1nnc2sc3c(c2c1=O)CCCC3)NCc1cccs1. The molecular formula is C16H16N4O2S2. The Balaban J connectivity index is 1.57. The van der Waals surface area contributed by atoms with Gasteiger partial charge in [0, 0.05) is 9.75 Å². The number of nitrogens with one attached hydrogen (secondary N) is 1. The lowest BCUT2D eigenvalue weighted by Gasteiger charge is -2.10. The Morgan fingerprint density at radius 3 is 3.04 bits per heavy atom. The highest BCUT2D eigenvalue weighted by Gasteiger charge is 2.21. The van der Waals surface area contributed by atoms with E-state index >= 15 is 0 Å². The molecule has 0 unspecified atom stereocenters. The molecule has 0 fully saturated rings. The van der Waals surface area contributed by atoms with Crippen LogP contribution in [0.2, 0.25) is 0 Å². The molecule has 24 heavy (non-hydrogen) atoms. The van der Waals surface area contributed by atoms with E-state index in [0.717, 1.165) is 36.1 Å². The lowest BCUT2D eigenvalue weighted by Crippen LogP contribution is -2.33. The fraction of sp³-hybridized carbons (Fsp3) is 0.375. The Morgan fingerprint density at radius 2 is 2.21 bits per heavy atom. The second kappa shape index (κ2) is 6.45. The van der Waals surface area contributed by atoms with Crippen LogP contribution in [0.5, 0.6) is 0 Å². The largest absolute Gasteiger partial charge is 0.350 e. The molecule has 6 nitrogen and oxygen atoms in total. The zero-order valence-corrected chi connectivity index (χ0v) is 14.6. The van der Waals surface area contributed by atoms with Gasteiger partial charge in [0.1, 0.15) is 6.54 Å². The van der Waals surface area contributed by atoms with E-state index in [2.05, 4.69) is 15.6 Å². The van der Waals surface area contributed by atoms with Gasteiger partial charge in [0.2, 0.25) is 5.91 Å². The standard InChI is InChI=1S/C16H16N4O2S2/c21-13(17-8-10-4-3-7-23-10)9-20-16(22)14-11-5-1-2-6-12(11)24-15(14)18-19-20/h3-4,7H,1-2,5-6,8-9H2,(H,17,21). The van der Waals surface area contributed by atoms with Crippen LogP contribution in [0, 0.1) is 0 Å². The number of aryl methyl sites for hydroxylation is 2. The Hall–Kier alpha value is -2.06. The lowest BCUT2D eigenvalue weighted by atomic mass is 9.97. The van der Waals surface area contributed by atoms with E-state index in [9.17, 15) is 9.59 Å². The van der Waals surface area contributed by atoms with Crippen LogP contribution >= 0.6 is 22.7 Å². The van der Waals surface area contributed by atoms with Crippen molar-refractivity contribution in [3.05, 3.63) is 43.2 Å². The summed E-state index contributed by atoms with van der Waals surface area (Å²) < 4.78 is 1.17. The van der Waals surface area contributed by atoms with Crippen LogP contribution < -0.4 is 10.9 Å². The van der Waals surface area contributed by atoms with Gasteiger partial charge in [-0.15, -0.1) is 27.8 Å². The number of amides is 1. The first-order valence-corrected chi connectivity index (χ1v) is 9.59. The van der Waals surface area contributed by atoms with Crippen molar-refractivity contribution in [3.8, 4) is 0 Å². The molecule has 0 aliphatic heterocycles. The minimum Gasteiger partial charge on any atom is -0.350 e. The summed E-state index contributed by atoms with van der Waals surface area (Å²) in [4.78, 5) is 27.8. The first-order chi connectivity index (χ1) is 11.7. The van der Waals surface area contributed by atoms with Crippen molar-refractivity contribution in [2.24, 2.45) is 0 Å². The molecule has 124 valence electrons. The molecule has 3 heterocycles. The van der Waals surface area contributed by atoms with Crippen LogP contribution in [0.4, 0.5) is 0 Å². The third-order valence-corrected chi connectivity index (χ3v) is 6.23. The quantitative estimate of drug-likeness (QED) is 0.773. The van der Waals surface area contributed by atoms with Crippen molar-refractivity contribution in [3.63, 3.8) is 0 Å². The molecule has 0 bridgehead atoms. The van der Waals surface area contributed by atoms with Crippen LogP contribution in [-0.2, 0) is 30.7 Å². The lowest BCUT2D eigenvalue weighted by molar-refractivity contribution is -0.122. The van der Waals surface area contributed by atoms with Crippen LogP contribution in [0.1, 0.15) is 28.2 Å². The van der Waals surface area contributed by atoms with Gasteiger partial charge < -0.3 is 5.32 Å². The van der Waals surface area contributed by atoms with Gasteiger partial charge in [-0.2, -0.15) is 0 Å². The first kappa shape index (κ1) is 15.5. The summed E-state index contributed by atoms with van der Waals surface area (Å²) in [6.07, 6.45) is 4.19. The summed E-state index contributed by atoms with van der Waals surface area (Å²) in [7, 11) is 0. The van der Waals surface area contributed by atoms with Crippen molar-refractivity contribution in [2.45, 2.75) is 38.8 Å². The van der Waals surface area contributed by atoms with Crippen LogP contribution in [0.3, 0.4) is 0 Å². The summed E-state index contributed by atoms with van der Waals surface area (Å²) in [6.45, 7) is 0.368. The summed E-state index contributed by atoms with van der Waals surface area (Å²) >= 11 is 3.15. The smallest absolute Gasteiger partial charge is 0.279 e. The predicted octanol–water partition coefficient (Wildman–Crippen LogP) is 2.11. The zero-order valence-electron chi connectivity index (χ0n) is 12.9. The molecule has 0 radical (unpaired) electrons. The van der Waals surface area contributed by atoms with Crippen LogP contribution in [-0.4, -0.2) is 20.9 Å². The third kappa shape index (κ3) is 2.87. The molecule has 8 heteroatoms. The highest BCUT2D eigenvalue weighted by atomic mass is 32.1. The van der Waals surface area contributed by atoms with Crippen LogP contribution in [0.25, 0.3) is 10.2 Å². The van der Waals surface area contributed by atoms with Gasteiger partial charge in [0.15, 0.2) is 4.83 Å². The van der Waals surface area contributed by atoms with E-state index < -0.39 is 0 Å². The van der Waals surface area contributed by atoms with Gasteiger partial charge in [-0.25, -0.2) is 4.68 Å². The van der Waals surface area contributed by atoms with Crippen molar-refractivity contribution >= 4 is 38.8 Å². The molecule has 4 rings (SSSR count). The minimum atomic E-state index is -0.233. The first-order valence-electron chi connectivity index (χ1n) is 7.89. The Labute approximate surface area is 146 Å². The fourth-order valence-corrected chi connectivity index (χ4v) is 4.84. The molecule has 0 aromatic carbocycles. The average molecular weight is 360 g/mol. The monoisotopic (exact) mass is 360 g/mol. The van der Waals surface area contributed by atoms with Gasteiger partial charge in [-0.1, -0.05) is 11.3 Å². The Kier molecular flexibility index (Phi) is 4.15. The van der Waals surface area contributed by atoms with E-state index in [4.69, 9.17) is 0 Å². The molecule has 0 atom stereocenters. The average Bonchev–Trinajstić information content (AvgIpc) is 3.22. The van der Waals surface area contributed by atoms with E-state index in [1.807, 2.05) is 17.5 Å². The summed E-state index contributed by atoms with van der Waals surface area (Å²) in [5.41, 5.74) is 0.916. The highest BCUT2D eigenvalue weighted by molar-refractivity contribution is 7.18. The molecule has 0 saturated heterocycles. The second-order valence-electron chi connectivity index (χ2n) is 5.80. The van der Waals surface area contributed by atoms with Crippen molar-refractivity contribution in [1.82, 2.24) is 20.3 Å². The second-order valence-corrected chi connectivity index (χ2v) is 7.92. The number of nitrogens with zero attached hydrogens (tertiary/aromatic N) is 3. The van der Waals surface area contributed by atoms with E-state index in [1.165, 1.54) is 9.56 Å². The normalized spacial score (nSPS) is 13.8. The molecule has 3 aromatic heterocycles. The van der Waals surface area contributed by atoms with Gasteiger partial charge in [0.05, 0.1) is 11.9 Å².